The largest absolute Gasteiger partial charge is 0.453 e. The van der Waals surface area contributed by atoms with Crippen LogP contribution < -0.4 is 16.0 Å². The number of carbonyl (C=O) groups excluding carboxylic acids is 1. The minimum absolute atomic E-state index is 0. The van der Waals surface area contributed by atoms with Crippen molar-refractivity contribution in [1.82, 2.24) is 10.6 Å². The van der Waals surface area contributed by atoms with Crippen LogP contribution in [0.5, 0.6) is 0 Å². The molecule has 0 aliphatic heterocycles. The molecule has 2 aromatic rings. The molecule has 6 nitrogen and oxygen atoms in total. The number of ether oxygens (including phenoxy) is 1. The Morgan fingerprint density at radius 1 is 1.14 bits per heavy atom. The number of halogens is 2. The Morgan fingerprint density at radius 3 is 2.46 bits per heavy atom. The fraction of sp³-hybridized carbons (Fsp3) is 0.300. The minimum Gasteiger partial charge on any atom is -0.453 e. The summed E-state index contributed by atoms with van der Waals surface area (Å²) in [6, 6.07) is 12.3. The van der Waals surface area contributed by atoms with E-state index in [4.69, 9.17) is 0 Å². The average molecular weight is 500 g/mol. The third-order valence-electron chi connectivity index (χ3n) is 4.06. The van der Waals surface area contributed by atoms with Crippen LogP contribution in [-0.2, 0) is 17.7 Å². The fourth-order valence-electron chi connectivity index (χ4n) is 2.54. The zero-order valence-electron chi connectivity index (χ0n) is 16.2. The van der Waals surface area contributed by atoms with E-state index in [1.54, 1.807) is 25.2 Å². The molecule has 1 amide bonds. The number of guanidine groups is 1. The summed E-state index contributed by atoms with van der Waals surface area (Å²) < 4.78 is 17.7. The van der Waals surface area contributed by atoms with Gasteiger partial charge < -0.3 is 15.4 Å². The molecule has 0 aromatic heterocycles. The first-order valence-electron chi connectivity index (χ1n) is 8.65. The highest BCUT2D eigenvalue weighted by Gasteiger charge is 2.03. The molecule has 0 atom stereocenters. The Morgan fingerprint density at radius 2 is 1.86 bits per heavy atom. The highest BCUT2D eigenvalue weighted by atomic mass is 127. The van der Waals surface area contributed by atoms with Gasteiger partial charge in [-0.2, -0.15) is 0 Å². The number of anilines is 1. The van der Waals surface area contributed by atoms with Crippen molar-refractivity contribution >= 4 is 41.7 Å². The van der Waals surface area contributed by atoms with Gasteiger partial charge in [0, 0.05) is 25.8 Å². The number of hydrogen-bond donors (Lipinski definition) is 3. The van der Waals surface area contributed by atoms with Crippen LogP contribution in [0.2, 0.25) is 0 Å². The van der Waals surface area contributed by atoms with Gasteiger partial charge in [-0.1, -0.05) is 18.2 Å². The molecule has 0 spiro atoms. The van der Waals surface area contributed by atoms with Gasteiger partial charge in [0.15, 0.2) is 5.96 Å². The first-order valence-corrected chi connectivity index (χ1v) is 8.65. The molecule has 0 heterocycles. The first-order chi connectivity index (χ1) is 13.0. The number of hydrogen-bond acceptors (Lipinski definition) is 3. The number of aliphatic imine (C=N–C) groups is 1. The molecule has 0 unspecified atom stereocenters. The minimum atomic E-state index is -0.498. The maximum atomic E-state index is 13.1. The monoisotopic (exact) mass is 500 g/mol. The molecule has 2 rings (SSSR count). The van der Waals surface area contributed by atoms with Crippen LogP contribution in [0.1, 0.15) is 16.7 Å². The summed E-state index contributed by atoms with van der Waals surface area (Å²) in [5.41, 5.74) is 3.76. The van der Waals surface area contributed by atoms with Crippen molar-refractivity contribution in [3.05, 3.63) is 65.0 Å². The number of carbonyl (C=O) groups is 1. The predicted molar refractivity (Wildman–Crippen MR) is 121 cm³/mol. The van der Waals surface area contributed by atoms with Crippen molar-refractivity contribution in [2.75, 3.05) is 26.0 Å². The molecule has 0 fully saturated rings. The third kappa shape index (κ3) is 7.71. The van der Waals surface area contributed by atoms with E-state index in [1.807, 2.05) is 25.1 Å². The fourth-order valence-corrected chi connectivity index (χ4v) is 2.54. The van der Waals surface area contributed by atoms with Crippen molar-refractivity contribution in [3.8, 4) is 0 Å². The first kappa shape index (κ1) is 23.7. The maximum Gasteiger partial charge on any atom is 0.411 e. The topological polar surface area (TPSA) is 74.8 Å². The van der Waals surface area contributed by atoms with Crippen molar-refractivity contribution in [2.45, 2.75) is 19.9 Å². The van der Waals surface area contributed by atoms with Crippen LogP contribution in [0.25, 0.3) is 0 Å². The van der Waals surface area contributed by atoms with Crippen LogP contribution in [0.4, 0.5) is 14.9 Å². The van der Waals surface area contributed by atoms with E-state index >= 15 is 0 Å². The Kier molecular flexibility index (Phi) is 10.3. The standard InChI is InChI=1S/C20H25FN4O2.HI/c1-14-12-17(21)7-6-16(14)10-11-23-19(22-2)24-13-15-4-8-18(9-5-15)25-20(26)27-3;/h4-9,12H,10-11,13H2,1-3H3,(H,25,26)(H2,22,23,24);1H. The summed E-state index contributed by atoms with van der Waals surface area (Å²) in [6.45, 7) is 3.19. The molecule has 152 valence electrons. The summed E-state index contributed by atoms with van der Waals surface area (Å²) in [6.07, 6.45) is 0.280. The lowest BCUT2D eigenvalue weighted by atomic mass is 10.1. The van der Waals surface area contributed by atoms with Crippen molar-refractivity contribution in [2.24, 2.45) is 4.99 Å². The van der Waals surface area contributed by atoms with Gasteiger partial charge in [0.25, 0.3) is 0 Å². The maximum absolute atomic E-state index is 13.1. The van der Waals surface area contributed by atoms with Crippen molar-refractivity contribution < 1.29 is 13.9 Å². The molecular weight excluding hydrogens is 474 g/mol. The lowest BCUT2D eigenvalue weighted by molar-refractivity contribution is 0.187. The zero-order chi connectivity index (χ0) is 19.6. The normalized spacial score (nSPS) is 10.6. The molecule has 28 heavy (non-hydrogen) atoms. The summed E-state index contributed by atoms with van der Waals surface area (Å²) in [7, 11) is 3.03. The second kappa shape index (κ2) is 12.2. The van der Waals surface area contributed by atoms with Crippen LogP contribution >= 0.6 is 24.0 Å². The average Bonchev–Trinajstić information content (AvgIpc) is 2.67. The predicted octanol–water partition coefficient (Wildman–Crippen LogP) is 3.84. The molecule has 0 aliphatic carbocycles. The van der Waals surface area contributed by atoms with Gasteiger partial charge in [-0.15, -0.1) is 24.0 Å². The van der Waals surface area contributed by atoms with Gasteiger partial charge in [-0.3, -0.25) is 10.3 Å². The summed E-state index contributed by atoms with van der Waals surface area (Å²) >= 11 is 0. The Balaban J connectivity index is 0.00000392. The number of rotatable bonds is 6. The molecular formula is C20H26FIN4O2. The van der Waals surface area contributed by atoms with Gasteiger partial charge in [0.2, 0.25) is 0 Å². The summed E-state index contributed by atoms with van der Waals surface area (Å²) in [5.74, 6) is 0.473. The number of benzene rings is 2. The highest BCUT2D eigenvalue weighted by Crippen LogP contribution is 2.11. The Labute approximate surface area is 182 Å². The molecule has 3 N–H and O–H groups in total. The van der Waals surface area contributed by atoms with Crippen LogP contribution in [0, 0.1) is 12.7 Å². The highest BCUT2D eigenvalue weighted by molar-refractivity contribution is 14.0. The van der Waals surface area contributed by atoms with E-state index in [1.165, 1.54) is 13.2 Å². The van der Waals surface area contributed by atoms with E-state index < -0.39 is 6.09 Å². The molecule has 0 aliphatic rings. The van der Waals surface area contributed by atoms with Gasteiger partial charge in [-0.05, 0) is 54.3 Å². The SMILES string of the molecule is CN=C(NCCc1ccc(F)cc1C)NCc1ccc(NC(=O)OC)cc1.I. The lowest BCUT2D eigenvalue weighted by Gasteiger charge is -2.13. The quantitative estimate of drug-likeness (QED) is 0.320. The van der Waals surface area contributed by atoms with Crippen LogP contribution in [0.3, 0.4) is 0 Å². The van der Waals surface area contributed by atoms with E-state index in [9.17, 15) is 9.18 Å². The smallest absolute Gasteiger partial charge is 0.411 e. The molecule has 2 aromatic carbocycles. The number of aryl methyl sites for hydroxylation is 1. The number of methoxy groups -OCH3 is 1. The van der Waals surface area contributed by atoms with E-state index in [-0.39, 0.29) is 29.8 Å². The number of nitrogens with zero attached hydrogens (tertiary/aromatic N) is 1. The molecule has 0 radical (unpaired) electrons. The number of amides is 1. The van der Waals surface area contributed by atoms with E-state index in [2.05, 4.69) is 25.7 Å². The Bertz CT molecular complexity index is 797. The molecule has 8 heteroatoms. The molecule has 0 saturated carbocycles. The third-order valence-corrected chi connectivity index (χ3v) is 4.06. The van der Waals surface area contributed by atoms with Gasteiger partial charge in [0.05, 0.1) is 7.11 Å². The number of nitrogens with one attached hydrogen (secondary N) is 3. The van der Waals surface area contributed by atoms with Crippen LogP contribution in [0.15, 0.2) is 47.5 Å². The molecule has 0 saturated heterocycles. The second-order valence-electron chi connectivity index (χ2n) is 5.99. The summed E-state index contributed by atoms with van der Waals surface area (Å²) in [5, 5.41) is 9.09. The second-order valence-corrected chi connectivity index (χ2v) is 5.99. The zero-order valence-corrected chi connectivity index (χ0v) is 18.5. The van der Waals surface area contributed by atoms with Crippen molar-refractivity contribution in [3.63, 3.8) is 0 Å². The van der Waals surface area contributed by atoms with Crippen LogP contribution in [-0.4, -0.2) is 32.8 Å². The van der Waals surface area contributed by atoms with Gasteiger partial charge in [-0.25, -0.2) is 9.18 Å². The Hall–Kier alpha value is -2.36. The van der Waals surface area contributed by atoms with E-state index in [0.717, 1.165) is 23.1 Å². The van der Waals surface area contributed by atoms with Gasteiger partial charge >= 0.3 is 6.09 Å². The lowest BCUT2D eigenvalue weighted by Crippen LogP contribution is -2.37. The molecule has 0 bridgehead atoms. The van der Waals surface area contributed by atoms with E-state index in [0.29, 0.717) is 24.7 Å². The van der Waals surface area contributed by atoms with Crippen molar-refractivity contribution in [1.29, 1.82) is 0 Å². The van der Waals surface area contributed by atoms with Gasteiger partial charge in [0.1, 0.15) is 5.82 Å². The summed E-state index contributed by atoms with van der Waals surface area (Å²) in [4.78, 5) is 15.4.